The van der Waals surface area contributed by atoms with Gasteiger partial charge in [-0.1, -0.05) is 13.3 Å². The Morgan fingerprint density at radius 1 is 1.06 bits per heavy atom. The maximum absolute atomic E-state index is 3.97. The van der Waals surface area contributed by atoms with Gasteiger partial charge in [0.2, 0.25) is 0 Å². The van der Waals surface area contributed by atoms with Crippen molar-refractivity contribution < 1.29 is 0 Å². The number of piperidine rings is 1. The molecule has 1 heterocycles. The average molecular weight is 222 g/mol. The second-order valence-electron chi connectivity index (χ2n) is 6.16. The first kappa shape index (κ1) is 11.0. The van der Waals surface area contributed by atoms with Crippen molar-refractivity contribution in [1.29, 1.82) is 0 Å². The third-order valence-electron chi connectivity index (χ3n) is 5.22. The van der Waals surface area contributed by atoms with Crippen LogP contribution in [0.25, 0.3) is 0 Å². The van der Waals surface area contributed by atoms with Crippen LogP contribution < -0.4 is 5.32 Å². The number of rotatable bonds is 3. The van der Waals surface area contributed by atoms with Gasteiger partial charge in [-0.05, 0) is 63.6 Å². The van der Waals surface area contributed by atoms with Gasteiger partial charge in [-0.15, -0.1) is 0 Å². The predicted octanol–water partition coefficient (Wildman–Crippen LogP) is 2.25. The van der Waals surface area contributed by atoms with E-state index in [0.717, 1.165) is 23.9 Å². The molecule has 0 radical (unpaired) electrons. The summed E-state index contributed by atoms with van der Waals surface area (Å²) in [6.45, 7) is 6.15. The molecular weight excluding hydrogens is 196 g/mol. The number of likely N-dealkylation sites (tertiary alicyclic amines) is 1. The zero-order valence-electron chi connectivity index (χ0n) is 10.6. The van der Waals surface area contributed by atoms with E-state index in [1.54, 1.807) is 0 Å². The highest BCUT2D eigenvalue weighted by Gasteiger charge is 2.40. The van der Waals surface area contributed by atoms with Crippen LogP contribution in [-0.4, -0.2) is 36.6 Å². The van der Waals surface area contributed by atoms with Gasteiger partial charge in [0.05, 0.1) is 0 Å². The minimum absolute atomic E-state index is 0.826. The van der Waals surface area contributed by atoms with Crippen LogP contribution >= 0.6 is 0 Å². The summed E-state index contributed by atoms with van der Waals surface area (Å²) in [4.78, 5) is 2.58. The summed E-state index contributed by atoms with van der Waals surface area (Å²) in [6.07, 6.45) is 8.81. The summed E-state index contributed by atoms with van der Waals surface area (Å²) >= 11 is 0. The number of nitrogens with one attached hydrogen (secondary N) is 1. The molecule has 2 aliphatic carbocycles. The Morgan fingerprint density at radius 3 is 2.44 bits per heavy atom. The first-order valence-corrected chi connectivity index (χ1v) is 7.33. The molecule has 2 heteroatoms. The lowest BCUT2D eigenvalue weighted by Gasteiger charge is -2.35. The van der Waals surface area contributed by atoms with Crippen molar-refractivity contribution in [3.8, 4) is 0 Å². The molecule has 2 saturated carbocycles. The Labute approximate surface area is 99.8 Å². The number of hydrogen-bond donors (Lipinski definition) is 1. The van der Waals surface area contributed by atoms with E-state index >= 15 is 0 Å². The fourth-order valence-corrected chi connectivity index (χ4v) is 4.17. The Morgan fingerprint density at radius 2 is 1.88 bits per heavy atom. The van der Waals surface area contributed by atoms with Gasteiger partial charge in [0.15, 0.2) is 0 Å². The van der Waals surface area contributed by atoms with Crippen LogP contribution in [0.3, 0.4) is 0 Å². The molecule has 0 aromatic carbocycles. The fourth-order valence-electron chi connectivity index (χ4n) is 4.17. The van der Waals surface area contributed by atoms with Gasteiger partial charge < -0.3 is 10.2 Å². The second-order valence-corrected chi connectivity index (χ2v) is 6.16. The molecule has 0 aromatic rings. The van der Waals surface area contributed by atoms with Gasteiger partial charge >= 0.3 is 0 Å². The Bertz CT molecular complexity index is 233. The molecule has 0 amide bonds. The molecule has 0 spiro atoms. The molecule has 92 valence electrons. The summed E-state index contributed by atoms with van der Waals surface area (Å²) < 4.78 is 0. The van der Waals surface area contributed by atoms with E-state index in [-0.39, 0.29) is 0 Å². The second kappa shape index (κ2) is 4.66. The molecule has 0 aromatic heterocycles. The third-order valence-corrected chi connectivity index (χ3v) is 5.22. The maximum atomic E-state index is 3.97. The van der Waals surface area contributed by atoms with Crippen LogP contribution in [0.4, 0.5) is 0 Å². The molecule has 3 atom stereocenters. The molecule has 16 heavy (non-hydrogen) atoms. The number of fused-ring (bicyclic) bond motifs is 2. The van der Waals surface area contributed by atoms with Gasteiger partial charge in [0, 0.05) is 12.1 Å². The monoisotopic (exact) mass is 222 g/mol. The van der Waals surface area contributed by atoms with Crippen molar-refractivity contribution in [3.63, 3.8) is 0 Å². The molecule has 1 saturated heterocycles. The molecular formula is C14H26N2. The largest absolute Gasteiger partial charge is 0.311 e. The van der Waals surface area contributed by atoms with Crippen LogP contribution in [-0.2, 0) is 0 Å². The predicted molar refractivity (Wildman–Crippen MR) is 67.5 cm³/mol. The first-order chi connectivity index (χ1) is 7.85. The van der Waals surface area contributed by atoms with E-state index < -0.39 is 0 Å². The van der Waals surface area contributed by atoms with Crippen LogP contribution in [0.5, 0.6) is 0 Å². The molecule has 2 nitrogen and oxygen atoms in total. The average Bonchev–Trinajstić information content (AvgIpc) is 2.92. The smallest absolute Gasteiger partial charge is 0.0101 e. The zero-order chi connectivity index (χ0) is 11.0. The van der Waals surface area contributed by atoms with Crippen LogP contribution in [0.15, 0.2) is 0 Å². The van der Waals surface area contributed by atoms with Gasteiger partial charge in [-0.25, -0.2) is 0 Å². The minimum atomic E-state index is 0.826. The van der Waals surface area contributed by atoms with Gasteiger partial charge in [-0.3, -0.25) is 0 Å². The quantitative estimate of drug-likeness (QED) is 0.788. The van der Waals surface area contributed by atoms with Gasteiger partial charge in [-0.2, -0.15) is 0 Å². The highest BCUT2D eigenvalue weighted by molar-refractivity contribution is 4.95. The summed E-state index contributed by atoms with van der Waals surface area (Å²) in [5, 5.41) is 3.97. The van der Waals surface area contributed by atoms with E-state index in [4.69, 9.17) is 0 Å². The molecule has 3 aliphatic rings. The van der Waals surface area contributed by atoms with E-state index in [1.165, 1.54) is 58.2 Å². The SMILES string of the molecule is CCN1CCC(NC2CC3CCC2C3)CC1. The van der Waals surface area contributed by atoms with Crippen molar-refractivity contribution >= 4 is 0 Å². The van der Waals surface area contributed by atoms with E-state index in [2.05, 4.69) is 17.1 Å². The van der Waals surface area contributed by atoms with Crippen LogP contribution in [0, 0.1) is 11.8 Å². The highest BCUT2D eigenvalue weighted by Crippen LogP contribution is 2.44. The molecule has 3 unspecified atom stereocenters. The van der Waals surface area contributed by atoms with Crippen molar-refractivity contribution in [3.05, 3.63) is 0 Å². The normalized spacial score (nSPS) is 40.7. The van der Waals surface area contributed by atoms with Crippen molar-refractivity contribution in [2.45, 2.75) is 57.5 Å². The zero-order valence-corrected chi connectivity index (χ0v) is 10.6. The van der Waals surface area contributed by atoms with Crippen LogP contribution in [0.2, 0.25) is 0 Å². The van der Waals surface area contributed by atoms with Gasteiger partial charge in [0.1, 0.15) is 0 Å². The summed E-state index contributed by atoms with van der Waals surface area (Å²) in [5.74, 6) is 2.12. The summed E-state index contributed by atoms with van der Waals surface area (Å²) in [7, 11) is 0. The maximum Gasteiger partial charge on any atom is 0.0101 e. The van der Waals surface area contributed by atoms with Gasteiger partial charge in [0.25, 0.3) is 0 Å². The van der Waals surface area contributed by atoms with Crippen molar-refractivity contribution in [2.75, 3.05) is 19.6 Å². The van der Waals surface area contributed by atoms with Crippen LogP contribution in [0.1, 0.15) is 45.4 Å². The van der Waals surface area contributed by atoms with E-state index in [9.17, 15) is 0 Å². The summed E-state index contributed by atoms with van der Waals surface area (Å²) in [6, 6.07) is 1.71. The molecule has 2 bridgehead atoms. The third kappa shape index (κ3) is 2.14. The van der Waals surface area contributed by atoms with Crippen molar-refractivity contribution in [2.24, 2.45) is 11.8 Å². The standard InChI is InChI=1S/C14H26N2/c1-2-16-7-5-13(6-8-16)15-14-10-11-3-4-12(14)9-11/h11-15H,2-10H2,1H3. The fraction of sp³-hybridized carbons (Fsp3) is 1.00. The van der Waals surface area contributed by atoms with E-state index in [0.29, 0.717) is 0 Å². The Balaban J connectivity index is 1.46. The lowest BCUT2D eigenvalue weighted by atomic mass is 9.93. The van der Waals surface area contributed by atoms with Crippen molar-refractivity contribution in [1.82, 2.24) is 10.2 Å². The lowest BCUT2D eigenvalue weighted by molar-refractivity contribution is 0.188. The lowest BCUT2D eigenvalue weighted by Crippen LogP contribution is -2.47. The first-order valence-electron chi connectivity index (χ1n) is 7.33. The summed E-state index contributed by atoms with van der Waals surface area (Å²) in [5.41, 5.74) is 0. The Kier molecular flexibility index (Phi) is 3.21. The Hall–Kier alpha value is -0.0800. The van der Waals surface area contributed by atoms with E-state index in [1.807, 2.05) is 0 Å². The number of nitrogens with zero attached hydrogens (tertiary/aromatic N) is 1. The molecule has 1 aliphatic heterocycles. The topological polar surface area (TPSA) is 15.3 Å². The highest BCUT2D eigenvalue weighted by atomic mass is 15.1. The number of hydrogen-bond acceptors (Lipinski definition) is 2. The molecule has 3 rings (SSSR count). The minimum Gasteiger partial charge on any atom is -0.311 e. The molecule has 3 fully saturated rings. The molecule has 1 N–H and O–H groups in total.